The van der Waals surface area contributed by atoms with Crippen LogP contribution in [0.25, 0.3) is 0 Å². The molecule has 0 saturated heterocycles. The Balaban J connectivity index is 0.00000169. The van der Waals surface area contributed by atoms with Crippen molar-refractivity contribution in [3.63, 3.8) is 0 Å². The van der Waals surface area contributed by atoms with Crippen molar-refractivity contribution in [2.24, 2.45) is 0 Å². The normalized spacial score (nSPS) is 13.7. The molecular formula is C14H9NaO8S2. The summed E-state index contributed by atoms with van der Waals surface area (Å²) in [5, 5.41) is 0. The van der Waals surface area contributed by atoms with Crippen molar-refractivity contribution >= 4 is 31.8 Å². The van der Waals surface area contributed by atoms with Crippen LogP contribution in [0.1, 0.15) is 33.3 Å². The second-order valence-electron chi connectivity index (χ2n) is 5.02. The van der Waals surface area contributed by atoms with Gasteiger partial charge in [-0.25, -0.2) is 0 Å². The van der Waals surface area contributed by atoms with Gasteiger partial charge in [0, 0.05) is 22.3 Å². The molecule has 0 unspecified atom stereocenters. The Labute approximate surface area is 166 Å². The average Bonchev–Trinajstić information content (AvgIpc) is 2.49. The first-order valence-corrected chi connectivity index (χ1v) is 9.20. The molecule has 0 spiro atoms. The minimum atomic E-state index is -4.59. The molecule has 126 valence electrons. The molecule has 25 heavy (non-hydrogen) atoms. The summed E-state index contributed by atoms with van der Waals surface area (Å²) in [4.78, 5) is 23.8. The Morgan fingerprint density at radius 3 is 1.28 bits per heavy atom. The maximum Gasteiger partial charge on any atom is 1.00 e. The average molecular weight is 392 g/mol. The van der Waals surface area contributed by atoms with E-state index >= 15 is 0 Å². The molecule has 0 aliphatic heterocycles. The molecule has 11 heteroatoms. The number of ketones is 2. The van der Waals surface area contributed by atoms with Crippen molar-refractivity contribution in [3.8, 4) is 0 Å². The van der Waals surface area contributed by atoms with E-state index in [0.29, 0.717) is 0 Å². The van der Waals surface area contributed by atoms with Crippen molar-refractivity contribution in [2.45, 2.75) is 9.79 Å². The molecule has 0 heterocycles. The zero-order valence-corrected chi connectivity index (χ0v) is 16.3. The molecular weight excluding hydrogens is 383 g/mol. The van der Waals surface area contributed by atoms with Crippen molar-refractivity contribution in [1.29, 1.82) is 0 Å². The van der Waals surface area contributed by atoms with Crippen molar-refractivity contribution in [1.82, 2.24) is 0 Å². The second kappa shape index (κ2) is 6.40. The Hall–Kier alpha value is -1.40. The molecule has 2 N–H and O–H groups in total. The monoisotopic (exact) mass is 392 g/mol. The van der Waals surface area contributed by atoms with Crippen LogP contribution in [0.5, 0.6) is 0 Å². The summed E-state index contributed by atoms with van der Waals surface area (Å²) in [6.07, 6.45) is 0. The van der Waals surface area contributed by atoms with E-state index in [9.17, 15) is 26.4 Å². The largest absolute Gasteiger partial charge is 1.00 e. The molecule has 2 aromatic rings. The summed E-state index contributed by atoms with van der Waals surface area (Å²) in [6.45, 7) is 0. The third kappa shape index (κ3) is 3.47. The number of fused-ring (bicyclic) bond motifs is 2. The zero-order valence-electron chi connectivity index (χ0n) is 13.6. The maximum absolute atomic E-state index is 12.5. The quantitative estimate of drug-likeness (QED) is 0.379. The maximum atomic E-state index is 12.5. The summed E-state index contributed by atoms with van der Waals surface area (Å²) < 4.78 is 62.8. The topological polar surface area (TPSA) is 143 Å². The molecule has 3 rings (SSSR count). The van der Waals surface area contributed by atoms with Crippen LogP contribution in [0, 0.1) is 0 Å². The fourth-order valence-electron chi connectivity index (χ4n) is 2.43. The fraction of sp³-hybridized carbons (Fsp3) is 0. The first-order chi connectivity index (χ1) is 11.0. The van der Waals surface area contributed by atoms with E-state index in [0.717, 1.165) is 36.4 Å². The SMILES string of the molecule is O=C1c2ccc(S(=O)(=O)O)cc2C(=O)c2cc(S(=O)(=O)O)ccc21.[H-].[Na+]. The molecule has 0 bridgehead atoms. The van der Waals surface area contributed by atoms with E-state index in [2.05, 4.69) is 0 Å². The Kier molecular flexibility index (Phi) is 5.10. The number of hydrogen-bond acceptors (Lipinski definition) is 6. The third-order valence-electron chi connectivity index (χ3n) is 3.56. The summed E-state index contributed by atoms with van der Waals surface area (Å²) in [5.41, 5.74) is -0.704. The van der Waals surface area contributed by atoms with Crippen LogP contribution in [-0.2, 0) is 20.2 Å². The summed E-state index contributed by atoms with van der Waals surface area (Å²) in [6, 6.07) is 5.84. The van der Waals surface area contributed by atoms with Gasteiger partial charge in [-0.15, -0.1) is 0 Å². The smallest absolute Gasteiger partial charge is 1.00 e. The van der Waals surface area contributed by atoms with E-state index < -0.39 is 41.6 Å². The second-order valence-corrected chi connectivity index (χ2v) is 7.87. The first kappa shape index (κ1) is 19.9. The van der Waals surface area contributed by atoms with Gasteiger partial charge < -0.3 is 1.43 Å². The molecule has 0 amide bonds. The van der Waals surface area contributed by atoms with Gasteiger partial charge in [0.05, 0.1) is 9.79 Å². The van der Waals surface area contributed by atoms with Crippen molar-refractivity contribution in [3.05, 3.63) is 58.7 Å². The van der Waals surface area contributed by atoms with Crippen molar-refractivity contribution < 1.29 is 66.5 Å². The fourth-order valence-corrected chi connectivity index (χ4v) is 3.44. The number of hydrogen-bond donors (Lipinski definition) is 2. The number of rotatable bonds is 2. The van der Waals surface area contributed by atoms with Gasteiger partial charge in [-0.3, -0.25) is 18.7 Å². The van der Waals surface area contributed by atoms with Gasteiger partial charge in [-0.1, -0.05) is 0 Å². The van der Waals surface area contributed by atoms with Gasteiger partial charge >= 0.3 is 29.6 Å². The predicted molar refractivity (Wildman–Crippen MR) is 80.5 cm³/mol. The van der Waals surface area contributed by atoms with Crippen LogP contribution < -0.4 is 29.6 Å². The van der Waals surface area contributed by atoms with Crippen LogP contribution >= 0.6 is 0 Å². The van der Waals surface area contributed by atoms with E-state index in [1.807, 2.05) is 0 Å². The molecule has 0 atom stereocenters. The van der Waals surface area contributed by atoms with E-state index in [4.69, 9.17) is 9.11 Å². The zero-order chi connectivity index (χ0) is 17.9. The van der Waals surface area contributed by atoms with E-state index in [-0.39, 0.29) is 53.2 Å². The van der Waals surface area contributed by atoms with Crippen LogP contribution in [0.4, 0.5) is 0 Å². The molecule has 2 aromatic carbocycles. The van der Waals surface area contributed by atoms with E-state index in [1.54, 1.807) is 0 Å². The van der Waals surface area contributed by atoms with Gasteiger partial charge in [-0.2, -0.15) is 16.8 Å². The molecule has 0 aromatic heterocycles. The van der Waals surface area contributed by atoms with Crippen molar-refractivity contribution in [2.75, 3.05) is 0 Å². The van der Waals surface area contributed by atoms with Gasteiger partial charge in [0.25, 0.3) is 20.2 Å². The van der Waals surface area contributed by atoms with Crippen LogP contribution in [0.15, 0.2) is 46.2 Å². The third-order valence-corrected chi connectivity index (χ3v) is 5.26. The van der Waals surface area contributed by atoms with Crippen LogP contribution in [0.3, 0.4) is 0 Å². The molecule has 1 aliphatic carbocycles. The summed E-state index contributed by atoms with van der Waals surface area (Å²) in [7, 11) is -9.17. The number of carbonyl (C=O) groups is 2. The number of carbonyl (C=O) groups excluding carboxylic acids is 2. The molecule has 8 nitrogen and oxygen atoms in total. The van der Waals surface area contributed by atoms with E-state index in [1.165, 1.54) is 0 Å². The standard InChI is InChI=1S/C14H8O8S2.Na.H/c15-13-9-3-1-7(23(17,18)19)5-11(9)14(16)12-6-8(24(20,21)22)2-4-10(12)13;;/h1-6H,(H,17,18,19)(H,20,21,22);;/q;+1;-1. The molecule has 0 saturated carbocycles. The van der Waals surface area contributed by atoms with Gasteiger partial charge in [0.2, 0.25) is 0 Å². The minimum absolute atomic E-state index is 0. The Bertz CT molecular complexity index is 1050. The Morgan fingerprint density at radius 2 is 0.960 bits per heavy atom. The summed E-state index contributed by atoms with van der Waals surface area (Å²) in [5.74, 6) is -1.40. The molecule has 1 aliphatic rings. The molecule has 0 radical (unpaired) electrons. The predicted octanol–water partition coefficient (Wildman–Crippen LogP) is -1.93. The Morgan fingerprint density at radius 1 is 0.640 bits per heavy atom. The molecule has 0 fully saturated rings. The van der Waals surface area contributed by atoms with Gasteiger partial charge in [0.1, 0.15) is 0 Å². The first-order valence-electron chi connectivity index (χ1n) is 6.32. The van der Waals surface area contributed by atoms with Crippen LogP contribution in [-0.4, -0.2) is 37.5 Å². The summed E-state index contributed by atoms with van der Waals surface area (Å²) >= 11 is 0. The minimum Gasteiger partial charge on any atom is -1.00 e. The van der Waals surface area contributed by atoms with Crippen LogP contribution in [0.2, 0.25) is 0 Å². The van der Waals surface area contributed by atoms with Gasteiger partial charge in [-0.05, 0) is 36.4 Å². The van der Waals surface area contributed by atoms with Gasteiger partial charge in [0.15, 0.2) is 11.6 Å². The number of benzene rings is 2.